The monoisotopic (exact) mass is 289 g/mol. The summed E-state index contributed by atoms with van der Waals surface area (Å²) in [5, 5.41) is 10.8. The zero-order valence-corrected chi connectivity index (χ0v) is 11.8. The summed E-state index contributed by atoms with van der Waals surface area (Å²) >= 11 is 0. The molecule has 1 atom stereocenters. The van der Waals surface area contributed by atoms with Gasteiger partial charge in [-0.05, 0) is 19.4 Å². The summed E-state index contributed by atoms with van der Waals surface area (Å²) in [4.78, 5) is 29.1. The van der Waals surface area contributed by atoms with Crippen molar-refractivity contribution in [3.8, 4) is 0 Å². The van der Waals surface area contributed by atoms with Crippen LogP contribution in [0.1, 0.15) is 32.2 Å². The molecule has 21 heavy (non-hydrogen) atoms. The number of aromatic nitrogens is 2. The molecule has 0 bridgehead atoms. The minimum atomic E-state index is -0.541. The summed E-state index contributed by atoms with van der Waals surface area (Å²) < 4.78 is 5.29. The van der Waals surface area contributed by atoms with Crippen molar-refractivity contribution < 1.29 is 14.5 Å². The molecule has 0 aliphatic heterocycles. The average Bonchev–Trinajstić information content (AvgIpc) is 2.86. The summed E-state index contributed by atoms with van der Waals surface area (Å²) in [6.45, 7) is 6.95. The van der Waals surface area contributed by atoms with Crippen molar-refractivity contribution >= 4 is 22.7 Å². The van der Waals surface area contributed by atoms with Crippen LogP contribution in [-0.4, -0.2) is 20.9 Å². The number of nitro groups is 1. The molecule has 1 unspecified atom stereocenters. The Balaban J connectivity index is 2.34. The predicted octanol–water partition coefficient (Wildman–Crippen LogP) is 3.04. The van der Waals surface area contributed by atoms with Crippen molar-refractivity contribution in [1.29, 1.82) is 0 Å². The van der Waals surface area contributed by atoms with E-state index in [0.717, 1.165) is 0 Å². The van der Waals surface area contributed by atoms with Gasteiger partial charge in [0.2, 0.25) is 0 Å². The zero-order valence-electron chi connectivity index (χ0n) is 11.8. The number of carbonyl (C=O) groups excluding carboxylic acids is 1. The van der Waals surface area contributed by atoms with Crippen LogP contribution in [0, 0.1) is 10.1 Å². The lowest BCUT2D eigenvalue weighted by atomic mass is 10.2. The number of nitro benzene ring substituents is 1. The molecule has 2 rings (SSSR count). The Hall–Kier alpha value is -2.70. The number of hydrogen-bond acceptors (Lipinski definition) is 5. The number of imidazole rings is 1. The number of non-ortho nitro benzene ring substituents is 1. The van der Waals surface area contributed by atoms with Gasteiger partial charge in [0, 0.05) is 17.7 Å². The van der Waals surface area contributed by atoms with Gasteiger partial charge in [-0.2, -0.15) is 0 Å². The Morgan fingerprint density at radius 1 is 1.57 bits per heavy atom. The van der Waals surface area contributed by atoms with Gasteiger partial charge in [0.15, 0.2) is 6.10 Å². The number of aromatic amines is 1. The molecule has 7 nitrogen and oxygen atoms in total. The molecule has 0 aliphatic rings. The molecule has 0 amide bonds. The maximum absolute atomic E-state index is 11.6. The van der Waals surface area contributed by atoms with Crippen molar-refractivity contribution in [2.45, 2.75) is 26.4 Å². The second kappa shape index (κ2) is 5.74. The lowest BCUT2D eigenvalue weighted by Crippen LogP contribution is -2.12. The van der Waals surface area contributed by atoms with Crippen molar-refractivity contribution in [3.63, 3.8) is 0 Å². The molecule has 0 aliphatic carbocycles. The normalized spacial score (nSPS) is 12.1. The van der Waals surface area contributed by atoms with Crippen molar-refractivity contribution in [2.75, 3.05) is 0 Å². The van der Waals surface area contributed by atoms with E-state index in [0.29, 0.717) is 28.9 Å². The van der Waals surface area contributed by atoms with Gasteiger partial charge in [-0.25, -0.2) is 9.78 Å². The lowest BCUT2D eigenvalue weighted by molar-refractivity contribution is -0.384. The Kier molecular flexibility index (Phi) is 4.02. The molecule has 110 valence electrons. The average molecular weight is 289 g/mol. The molecular weight excluding hydrogens is 274 g/mol. The van der Waals surface area contributed by atoms with Crippen LogP contribution in [0.25, 0.3) is 11.0 Å². The van der Waals surface area contributed by atoms with E-state index in [-0.39, 0.29) is 5.69 Å². The molecule has 1 N–H and O–H groups in total. The van der Waals surface area contributed by atoms with Crippen molar-refractivity contribution in [1.82, 2.24) is 9.97 Å². The lowest BCUT2D eigenvalue weighted by Gasteiger charge is -2.13. The maximum atomic E-state index is 11.6. The predicted molar refractivity (Wildman–Crippen MR) is 76.7 cm³/mol. The number of rotatable bonds is 5. The molecule has 1 aromatic heterocycles. The highest BCUT2D eigenvalue weighted by molar-refractivity contribution is 5.87. The molecule has 0 fully saturated rings. The Labute approximate surface area is 120 Å². The summed E-state index contributed by atoms with van der Waals surface area (Å²) in [7, 11) is 0. The molecule has 1 aromatic carbocycles. The van der Waals surface area contributed by atoms with Gasteiger partial charge in [0.05, 0.1) is 16.0 Å². The third-order valence-corrected chi connectivity index (χ3v) is 2.97. The highest BCUT2D eigenvalue weighted by atomic mass is 16.6. The van der Waals surface area contributed by atoms with Crippen molar-refractivity contribution in [3.05, 3.63) is 46.3 Å². The number of hydrogen-bond donors (Lipinski definition) is 1. The minimum absolute atomic E-state index is 0.0234. The van der Waals surface area contributed by atoms with Gasteiger partial charge < -0.3 is 9.72 Å². The van der Waals surface area contributed by atoms with Gasteiger partial charge in [-0.1, -0.05) is 13.5 Å². The first kappa shape index (κ1) is 14.7. The van der Waals surface area contributed by atoms with Crippen molar-refractivity contribution in [2.24, 2.45) is 0 Å². The molecule has 7 heteroatoms. The van der Waals surface area contributed by atoms with Gasteiger partial charge >= 0.3 is 5.97 Å². The highest BCUT2D eigenvalue weighted by Gasteiger charge is 2.19. The van der Waals surface area contributed by atoms with Crippen LogP contribution < -0.4 is 0 Å². The molecule has 1 heterocycles. The van der Waals surface area contributed by atoms with E-state index in [1.54, 1.807) is 13.0 Å². The number of carbonyl (C=O) groups is 1. The standard InChI is InChI=1S/C14H15N3O4/c1-4-12(21-14(18)8(2)3)13-15-10-6-5-9(17(19)20)7-11(10)16-13/h5-7,12H,2,4H2,1,3H3,(H,15,16). The number of nitrogens with zero attached hydrogens (tertiary/aromatic N) is 2. The van der Waals surface area contributed by atoms with Crippen LogP contribution in [0.5, 0.6) is 0 Å². The first-order valence-corrected chi connectivity index (χ1v) is 6.43. The smallest absolute Gasteiger partial charge is 0.333 e. The van der Waals surface area contributed by atoms with E-state index in [1.807, 2.05) is 6.92 Å². The Morgan fingerprint density at radius 3 is 2.86 bits per heavy atom. The topological polar surface area (TPSA) is 98.1 Å². The van der Waals surface area contributed by atoms with Crippen LogP contribution in [0.4, 0.5) is 5.69 Å². The summed E-state index contributed by atoms with van der Waals surface area (Å²) in [5.41, 5.74) is 1.40. The van der Waals surface area contributed by atoms with Crippen LogP contribution in [-0.2, 0) is 9.53 Å². The zero-order chi connectivity index (χ0) is 15.6. The fourth-order valence-corrected chi connectivity index (χ4v) is 1.85. The minimum Gasteiger partial charge on any atom is -0.451 e. The van der Waals surface area contributed by atoms with Crippen LogP contribution >= 0.6 is 0 Å². The fraction of sp³-hybridized carbons (Fsp3) is 0.286. The van der Waals surface area contributed by atoms with Gasteiger partial charge in [0.25, 0.3) is 5.69 Å². The van der Waals surface area contributed by atoms with Gasteiger partial charge in [-0.3, -0.25) is 10.1 Å². The molecule has 2 aromatic rings. The van der Waals surface area contributed by atoms with E-state index in [4.69, 9.17) is 4.74 Å². The van der Waals surface area contributed by atoms with E-state index in [2.05, 4.69) is 16.5 Å². The quantitative estimate of drug-likeness (QED) is 0.395. The summed E-state index contributed by atoms with van der Waals surface area (Å²) in [6.07, 6.45) is -0.0124. The number of ether oxygens (including phenoxy) is 1. The molecule has 0 spiro atoms. The molecule has 0 saturated carbocycles. The van der Waals surface area contributed by atoms with Crippen LogP contribution in [0.3, 0.4) is 0 Å². The first-order valence-electron chi connectivity index (χ1n) is 6.43. The Bertz CT molecular complexity index is 720. The number of esters is 1. The third-order valence-electron chi connectivity index (χ3n) is 2.97. The van der Waals surface area contributed by atoms with Crippen LogP contribution in [0.15, 0.2) is 30.4 Å². The number of nitrogens with one attached hydrogen (secondary N) is 1. The van der Waals surface area contributed by atoms with E-state index >= 15 is 0 Å². The van der Waals surface area contributed by atoms with Gasteiger partial charge in [0.1, 0.15) is 5.82 Å². The first-order chi connectivity index (χ1) is 9.92. The highest BCUT2D eigenvalue weighted by Crippen LogP contribution is 2.25. The van der Waals surface area contributed by atoms with E-state index in [1.165, 1.54) is 12.1 Å². The van der Waals surface area contributed by atoms with Gasteiger partial charge in [-0.15, -0.1) is 0 Å². The largest absolute Gasteiger partial charge is 0.451 e. The second-order valence-electron chi connectivity index (χ2n) is 4.66. The number of fused-ring (bicyclic) bond motifs is 1. The third kappa shape index (κ3) is 3.07. The summed E-state index contributed by atoms with van der Waals surface area (Å²) in [5.74, 6) is -0.0316. The van der Waals surface area contributed by atoms with Crippen LogP contribution in [0.2, 0.25) is 0 Å². The van der Waals surface area contributed by atoms with E-state index < -0.39 is 17.0 Å². The Morgan fingerprint density at radius 2 is 2.29 bits per heavy atom. The SMILES string of the molecule is C=C(C)C(=O)OC(CC)c1nc2ccc([N+](=O)[O-])cc2[nH]1. The molecule has 0 saturated heterocycles. The van der Waals surface area contributed by atoms with E-state index in [9.17, 15) is 14.9 Å². The molecule has 0 radical (unpaired) electrons. The molecular formula is C14H15N3O4. The number of H-pyrrole nitrogens is 1. The fourth-order valence-electron chi connectivity index (χ4n) is 1.85. The maximum Gasteiger partial charge on any atom is 0.333 e. The second-order valence-corrected chi connectivity index (χ2v) is 4.66. The number of benzene rings is 1. The summed E-state index contributed by atoms with van der Waals surface area (Å²) in [6, 6.07) is 4.34.